The molecule has 5 N–H and O–H groups in total. The Labute approximate surface area is 108 Å². The first-order valence-electron chi connectivity index (χ1n) is 6.31. The molecule has 1 amide bonds. The number of pyridine rings is 1. The SMILES string of the molecule is CC(C)CCCCNc1nc(C(N)=O)ccc1N. The molecule has 0 aliphatic heterocycles. The molecule has 5 nitrogen and oxygen atoms in total. The Balaban J connectivity index is 2.46. The van der Waals surface area contributed by atoms with Gasteiger partial charge in [0.05, 0.1) is 5.69 Å². The van der Waals surface area contributed by atoms with E-state index in [4.69, 9.17) is 11.5 Å². The maximum atomic E-state index is 11.0. The van der Waals surface area contributed by atoms with Crippen LogP contribution < -0.4 is 16.8 Å². The molecule has 0 fully saturated rings. The number of carbonyl (C=O) groups excluding carboxylic acids is 1. The predicted octanol–water partition coefficient (Wildman–Crippen LogP) is 2.00. The predicted molar refractivity (Wildman–Crippen MR) is 74.3 cm³/mol. The zero-order chi connectivity index (χ0) is 13.5. The number of carbonyl (C=O) groups is 1. The third kappa shape index (κ3) is 4.61. The third-order valence-corrected chi connectivity index (χ3v) is 2.68. The van der Waals surface area contributed by atoms with E-state index in [1.54, 1.807) is 6.07 Å². The van der Waals surface area contributed by atoms with E-state index in [0.717, 1.165) is 18.9 Å². The Morgan fingerprint density at radius 2 is 2.11 bits per heavy atom. The maximum absolute atomic E-state index is 11.0. The molecule has 0 saturated heterocycles. The highest BCUT2D eigenvalue weighted by molar-refractivity contribution is 5.91. The van der Waals surface area contributed by atoms with E-state index in [1.165, 1.54) is 18.9 Å². The minimum absolute atomic E-state index is 0.230. The Hall–Kier alpha value is -1.78. The van der Waals surface area contributed by atoms with E-state index in [1.807, 2.05) is 0 Å². The van der Waals surface area contributed by atoms with E-state index < -0.39 is 5.91 Å². The Morgan fingerprint density at radius 1 is 1.39 bits per heavy atom. The van der Waals surface area contributed by atoms with Crippen molar-refractivity contribution in [2.75, 3.05) is 17.6 Å². The molecule has 100 valence electrons. The number of rotatable bonds is 7. The van der Waals surface area contributed by atoms with Crippen LogP contribution in [0.25, 0.3) is 0 Å². The molecule has 0 atom stereocenters. The molecule has 0 aliphatic rings. The molecule has 1 aromatic rings. The van der Waals surface area contributed by atoms with Gasteiger partial charge in [-0.2, -0.15) is 0 Å². The molecule has 0 bridgehead atoms. The van der Waals surface area contributed by atoms with Crippen LogP contribution in [0.3, 0.4) is 0 Å². The zero-order valence-electron chi connectivity index (χ0n) is 11.1. The molecule has 5 heteroatoms. The summed E-state index contributed by atoms with van der Waals surface area (Å²) in [6.45, 7) is 5.22. The fraction of sp³-hybridized carbons (Fsp3) is 0.538. The second kappa shape index (κ2) is 6.83. The highest BCUT2D eigenvalue weighted by Crippen LogP contribution is 2.16. The van der Waals surface area contributed by atoms with Crippen molar-refractivity contribution in [2.24, 2.45) is 11.7 Å². The van der Waals surface area contributed by atoms with E-state index in [-0.39, 0.29) is 5.69 Å². The molecule has 1 aromatic heterocycles. The van der Waals surface area contributed by atoms with Crippen LogP contribution in [0.1, 0.15) is 43.6 Å². The summed E-state index contributed by atoms with van der Waals surface area (Å²) in [6.07, 6.45) is 3.44. The molecule has 0 spiro atoms. The molecule has 0 aromatic carbocycles. The van der Waals surface area contributed by atoms with E-state index in [9.17, 15) is 4.79 Å². The van der Waals surface area contributed by atoms with Gasteiger partial charge in [-0.25, -0.2) is 4.98 Å². The number of nitrogens with zero attached hydrogens (tertiary/aromatic N) is 1. The maximum Gasteiger partial charge on any atom is 0.267 e. The van der Waals surface area contributed by atoms with Crippen LogP contribution in [0.15, 0.2) is 12.1 Å². The van der Waals surface area contributed by atoms with Gasteiger partial charge in [0.25, 0.3) is 5.91 Å². The van der Waals surface area contributed by atoms with E-state index >= 15 is 0 Å². The number of amides is 1. The molecule has 18 heavy (non-hydrogen) atoms. The average molecular weight is 250 g/mol. The number of hydrogen-bond donors (Lipinski definition) is 3. The summed E-state index contributed by atoms with van der Waals surface area (Å²) in [6, 6.07) is 3.17. The first kappa shape index (κ1) is 14.3. The number of anilines is 2. The second-order valence-corrected chi connectivity index (χ2v) is 4.81. The van der Waals surface area contributed by atoms with Gasteiger partial charge in [-0.3, -0.25) is 4.79 Å². The molecule has 0 saturated carbocycles. The normalized spacial score (nSPS) is 10.6. The van der Waals surface area contributed by atoms with Crippen molar-refractivity contribution in [1.82, 2.24) is 4.98 Å². The molecular weight excluding hydrogens is 228 g/mol. The van der Waals surface area contributed by atoms with Crippen LogP contribution in [-0.2, 0) is 0 Å². The highest BCUT2D eigenvalue weighted by Gasteiger charge is 2.06. The lowest BCUT2D eigenvalue weighted by molar-refractivity contribution is 0.0996. The molecule has 1 rings (SSSR count). The number of nitrogen functional groups attached to an aromatic ring is 1. The number of hydrogen-bond acceptors (Lipinski definition) is 4. The summed E-state index contributed by atoms with van der Waals surface area (Å²) in [7, 11) is 0. The van der Waals surface area contributed by atoms with Gasteiger partial charge in [-0.05, 0) is 24.5 Å². The minimum Gasteiger partial charge on any atom is -0.396 e. The molecular formula is C13H22N4O. The second-order valence-electron chi connectivity index (χ2n) is 4.81. The van der Waals surface area contributed by atoms with Crippen molar-refractivity contribution in [3.63, 3.8) is 0 Å². The number of nitrogens with two attached hydrogens (primary N) is 2. The lowest BCUT2D eigenvalue weighted by Gasteiger charge is -2.09. The van der Waals surface area contributed by atoms with Gasteiger partial charge in [0.1, 0.15) is 11.5 Å². The summed E-state index contributed by atoms with van der Waals surface area (Å²) < 4.78 is 0. The number of unbranched alkanes of at least 4 members (excludes halogenated alkanes) is 1. The van der Waals surface area contributed by atoms with Crippen LogP contribution in [0.5, 0.6) is 0 Å². The van der Waals surface area contributed by atoms with Gasteiger partial charge in [0.2, 0.25) is 0 Å². The fourth-order valence-electron chi connectivity index (χ4n) is 1.63. The van der Waals surface area contributed by atoms with E-state index in [2.05, 4.69) is 24.1 Å². The summed E-state index contributed by atoms with van der Waals surface area (Å²) in [5.74, 6) is 0.722. The van der Waals surface area contributed by atoms with Gasteiger partial charge in [0, 0.05) is 6.54 Å². The summed E-state index contributed by atoms with van der Waals surface area (Å²) in [5, 5.41) is 3.14. The largest absolute Gasteiger partial charge is 0.396 e. The van der Waals surface area contributed by atoms with Crippen LogP contribution in [0, 0.1) is 5.92 Å². The monoisotopic (exact) mass is 250 g/mol. The summed E-state index contributed by atoms with van der Waals surface area (Å²) >= 11 is 0. The van der Waals surface area contributed by atoms with Gasteiger partial charge in [-0.1, -0.05) is 26.7 Å². The standard InChI is InChI=1S/C13H22N4O/c1-9(2)5-3-4-8-16-13-10(14)6-7-11(17-13)12(15)18/h6-7,9H,3-5,8,14H2,1-2H3,(H2,15,18)(H,16,17). The minimum atomic E-state index is -0.544. The average Bonchev–Trinajstić information content (AvgIpc) is 2.30. The first-order chi connectivity index (χ1) is 8.50. The van der Waals surface area contributed by atoms with Crippen molar-refractivity contribution >= 4 is 17.4 Å². The molecule has 0 aliphatic carbocycles. The van der Waals surface area contributed by atoms with Gasteiger partial charge in [0.15, 0.2) is 0 Å². The summed E-state index contributed by atoms with van der Waals surface area (Å²) in [4.78, 5) is 15.1. The van der Waals surface area contributed by atoms with Gasteiger partial charge in [-0.15, -0.1) is 0 Å². The number of aromatic nitrogens is 1. The summed E-state index contributed by atoms with van der Waals surface area (Å²) in [5.41, 5.74) is 11.7. The van der Waals surface area contributed by atoms with Crippen LogP contribution in [-0.4, -0.2) is 17.4 Å². The lowest BCUT2D eigenvalue weighted by Crippen LogP contribution is -2.15. The van der Waals surface area contributed by atoms with Crippen molar-refractivity contribution in [2.45, 2.75) is 33.1 Å². The van der Waals surface area contributed by atoms with E-state index in [0.29, 0.717) is 11.5 Å². The zero-order valence-corrected chi connectivity index (χ0v) is 11.1. The number of nitrogens with one attached hydrogen (secondary N) is 1. The lowest BCUT2D eigenvalue weighted by atomic mass is 10.1. The fourth-order valence-corrected chi connectivity index (χ4v) is 1.63. The van der Waals surface area contributed by atoms with Gasteiger partial charge >= 0.3 is 0 Å². The quantitative estimate of drug-likeness (QED) is 0.645. The first-order valence-corrected chi connectivity index (χ1v) is 6.31. The topological polar surface area (TPSA) is 94.0 Å². The number of primary amides is 1. The Kier molecular flexibility index (Phi) is 5.42. The Bertz CT molecular complexity index is 404. The van der Waals surface area contributed by atoms with Crippen molar-refractivity contribution < 1.29 is 4.79 Å². The van der Waals surface area contributed by atoms with Crippen LogP contribution in [0.2, 0.25) is 0 Å². The molecule has 0 radical (unpaired) electrons. The van der Waals surface area contributed by atoms with Crippen LogP contribution >= 0.6 is 0 Å². The van der Waals surface area contributed by atoms with Crippen molar-refractivity contribution in [3.8, 4) is 0 Å². The third-order valence-electron chi connectivity index (χ3n) is 2.68. The van der Waals surface area contributed by atoms with Crippen molar-refractivity contribution in [1.29, 1.82) is 0 Å². The van der Waals surface area contributed by atoms with Gasteiger partial charge < -0.3 is 16.8 Å². The smallest absolute Gasteiger partial charge is 0.267 e. The molecule has 0 unspecified atom stereocenters. The van der Waals surface area contributed by atoms with Crippen LogP contribution in [0.4, 0.5) is 11.5 Å². The Morgan fingerprint density at radius 3 is 2.72 bits per heavy atom. The highest BCUT2D eigenvalue weighted by atomic mass is 16.1. The molecule has 1 heterocycles. The van der Waals surface area contributed by atoms with Crippen molar-refractivity contribution in [3.05, 3.63) is 17.8 Å².